The normalized spacial score (nSPS) is 14.8. The van der Waals surface area contributed by atoms with Gasteiger partial charge in [0.15, 0.2) is 9.77 Å². The van der Waals surface area contributed by atoms with Crippen LogP contribution in [-0.4, -0.2) is 16.1 Å². The number of nitrogens with zero attached hydrogens (tertiary/aromatic N) is 3. The van der Waals surface area contributed by atoms with Crippen LogP contribution >= 0.6 is 34.7 Å². The van der Waals surface area contributed by atoms with E-state index in [4.69, 9.17) is 16.0 Å². The van der Waals surface area contributed by atoms with Crippen LogP contribution in [0.5, 0.6) is 0 Å². The molecule has 0 spiro atoms. The van der Waals surface area contributed by atoms with Crippen molar-refractivity contribution in [2.75, 3.05) is 4.90 Å². The summed E-state index contributed by atoms with van der Waals surface area (Å²) in [6.07, 6.45) is 0. The Morgan fingerprint density at radius 3 is 2.46 bits per heavy atom. The number of carbonyl (C=O) groups is 1. The van der Waals surface area contributed by atoms with E-state index in [1.807, 2.05) is 24.3 Å². The topological polar surface area (TPSA) is 76.3 Å². The maximum absolute atomic E-state index is 13.8. The quantitative estimate of drug-likeness (QED) is 0.159. The largest absolute Gasteiger partial charge is 0.450 e. The monoisotopic (exact) mass is 567 g/mol. The number of carbonyl (C=O) groups excluding carboxylic acids is 1. The highest BCUT2D eigenvalue weighted by Crippen LogP contribution is 2.43. The summed E-state index contributed by atoms with van der Waals surface area (Å²) in [5.74, 6) is 0.310. The molecule has 0 saturated heterocycles. The molecule has 39 heavy (non-hydrogen) atoms. The fraction of sp³-hybridized carbons (Fsp3) is 0.0667. The predicted octanol–water partition coefficient (Wildman–Crippen LogP) is 7.49. The van der Waals surface area contributed by atoms with Crippen molar-refractivity contribution in [1.82, 2.24) is 10.2 Å². The first kappa shape index (κ1) is 24.1. The van der Waals surface area contributed by atoms with Gasteiger partial charge in [0.2, 0.25) is 10.9 Å². The number of fused-ring (bicyclic) bond motifs is 3. The predicted molar refractivity (Wildman–Crippen MR) is 156 cm³/mol. The highest BCUT2D eigenvalue weighted by Gasteiger charge is 2.45. The second kappa shape index (κ2) is 9.64. The SMILES string of the molecule is O=C1c2oc3ccccc3c(=O)c2C(c2ccc(Cl)cc2)N1c1nnc(SCc2cccc3ccccc23)s1. The van der Waals surface area contributed by atoms with E-state index in [0.717, 1.165) is 9.90 Å². The second-order valence-corrected chi connectivity index (χ2v) is 11.7. The molecule has 1 aliphatic rings. The standard InChI is InChI=1S/C30H18ClN3O3S2/c31-20-14-12-18(13-15-20)25-24-26(35)22-10-3-4-11-23(22)37-27(24)28(36)34(25)29-32-33-30(39-29)38-16-19-8-5-7-17-6-1-2-9-21(17)19/h1-15,25H,16H2. The van der Waals surface area contributed by atoms with Crippen molar-refractivity contribution in [1.29, 1.82) is 0 Å². The number of rotatable bonds is 5. The van der Waals surface area contributed by atoms with Gasteiger partial charge in [-0.2, -0.15) is 0 Å². The van der Waals surface area contributed by atoms with Gasteiger partial charge in [0.05, 0.1) is 17.0 Å². The third kappa shape index (κ3) is 4.12. The molecule has 6 aromatic rings. The highest BCUT2D eigenvalue weighted by atomic mass is 35.5. The summed E-state index contributed by atoms with van der Waals surface area (Å²) in [6, 6.07) is 27.9. The first-order chi connectivity index (χ1) is 19.1. The molecule has 1 atom stereocenters. The molecule has 6 nitrogen and oxygen atoms in total. The summed E-state index contributed by atoms with van der Waals surface area (Å²) in [5.41, 5.74) is 2.35. The van der Waals surface area contributed by atoms with Crippen LogP contribution in [0.4, 0.5) is 5.13 Å². The summed E-state index contributed by atoms with van der Waals surface area (Å²) >= 11 is 9.03. The summed E-state index contributed by atoms with van der Waals surface area (Å²) in [7, 11) is 0. The number of aromatic nitrogens is 2. The molecule has 2 aromatic heterocycles. The number of thioether (sulfide) groups is 1. The van der Waals surface area contributed by atoms with Gasteiger partial charge in [0, 0.05) is 10.8 Å². The Balaban J connectivity index is 1.28. The summed E-state index contributed by atoms with van der Waals surface area (Å²) < 4.78 is 6.73. The Hall–Kier alpha value is -3.98. The van der Waals surface area contributed by atoms with Crippen molar-refractivity contribution in [2.45, 2.75) is 16.1 Å². The van der Waals surface area contributed by atoms with Gasteiger partial charge in [-0.25, -0.2) is 0 Å². The molecule has 4 aromatic carbocycles. The Morgan fingerprint density at radius 1 is 0.872 bits per heavy atom. The van der Waals surface area contributed by atoms with Crippen LogP contribution in [0.3, 0.4) is 0 Å². The molecular formula is C30H18ClN3O3S2. The molecule has 190 valence electrons. The van der Waals surface area contributed by atoms with E-state index in [9.17, 15) is 9.59 Å². The zero-order chi connectivity index (χ0) is 26.5. The smallest absolute Gasteiger partial charge is 0.297 e. The van der Waals surface area contributed by atoms with E-state index >= 15 is 0 Å². The number of hydrogen-bond acceptors (Lipinski definition) is 7. The van der Waals surface area contributed by atoms with Crippen LogP contribution in [0.1, 0.15) is 33.3 Å². The summed E-state index contributed by atoms with van der Waals surface area (Å²) in [4.78, 5) is 29.0. The van der Waals surface area contributed by atoms with E-state index in [1.165, 1.54) is 32.6 Å². The molecule has 1 amide bonds. The minimum Gasteiger partial charge on any atom is -0.450 e. The van der Waals surface area contributed by atoms with Crippen molar-refractivity contribution in [3.8, 4) is 0 Å². The van der Waals surface area contributed by atoms with Gasteiger partial charge >= 0.3 is 0 Å². The fourth-order valence-corrected chi connectivity index (χ4v) is 6.99. The van der Waals surface area contributed by atoms with Gasteiger partial charge in [-0.15, -0.1) is 10.2 Å². The van der Waals surface area contributed by atoms with Gasteiger partial charge in [0.1, 0.15) is 5.58 Å². The van der Waals surface area contributed by atoms with Crippen LogP contribution in [0.2, 0.25) is 5.02 Å². The molecule has 3 heterocycles. The molecule has 0 saturated carbocycles. The van der Waals surface area contributed by atoms with E-state index in [1.54, 1.807) is 48.2 Å². The minimum absolute atomic E-state index is 0.0267. The third-order valence-electron chi connectivity index (χ3n) is 6.80. The molecule has 0 aliphatic carbocycles. The first-order valence-corrected chi connectivity index (χ1v) is 14.3. The average molecular weight is 568 g/mol. The van der Waals surface area contributed by atoms with Gasteiger partial charge < -0.3 is 4.42 Å². The van der Waals surface area contributed by atoms with E-state index in [-0.39, 0.29) is 11.2 Å². The fourth-order valence-electron chi connectivity index (χ4n) is 4.99. The van der Waals surface area contributed by atoms with Crippen LogP contribution in [0.25, 0.3) is 21.7 Å². The zero-order valence-electron chi connectivity index (χ0n) is 20.2. The molecule has 1 unspecified atom stereocenters. The van der Waals surface area contributed by atoms with Crippen molar-refractivity contribution in [2.24, 2.45) is 0 Å². The number of hydrogen-bond donors (Lipinski definition) is 0. The lowest BCUT2D eigenvalue weighted by atomic mass is 9.99. The maximum Gasteiger partial charge on any atom is 0.297 e. The van der Waals surface area contributed by atoms with Gasteiger partial charge in [-0.1, -0.05) is 101 Å². The molecule has 7 rings (SSSR count). The molecule has 0 N–H and O–H groups in total. The van der Waals surface area contributed by atoms with Crippen molar-refractivity contribution >= 4 is 67.5 Å². The minimum atomic E-state index is -0.713. The third-order valence-corrected chi connectivity index (χ3v) is 9.15. The van der Waals surface area contributed by atoms with Crippen molar-refractivity contribution < 1.29 is 9.21 Å². The number of halogens is 1. The molecule has 1 aliphatic heterocycles. The lowest BCUT2D eigenvalue weighted by Gasteiger charge is -2.22. The first-order valence-electron chi connectivity index (χ1n) is 12.2. The molecular weight excluding hydrogens is 550 g/mol. The Labute approximate surface area is 235 Å². The number of amides is 1. The lowest BCUT2D eigenvalue weighted by molar-refractivity contribution is 0.0970. The number of anilines is 1. The molecule has 0 fully saturated rings. The van der Waals surface area contributed by atoms with E-state index < -0.39 is 11.9 Å². The van der Waals surface area contributed by atoms with Gasteiger partial charge in [-0.3, -0.25) is 14.5 Å². The Bertz CT molecular complexity index is 1950. The van der Waals surface area contributed by atoms with Gasteiger partial charge in [-0.05, 0) is 46.2 Å². The summed E-state index contributed by atoms with van der Waals surface area (Å²) in [6.45, 7) is 0. The second-order valence-electron chi connectivity index (χ2n) is 9.08. The number of benzene rings is 4. The van der Waals surface area contributed by atoms with Gasteiger partial charge in [0.25, 0.3) is 5.91 Å². The molecule has 0 radical (unpaired) electrons. The number of para-hydroxylation sites is 1. The van der Waals surface area contributed by atoms with Crippen molar-refractivity contribution in [3.05, 3.63) is 129 Å². The molecule has 0 bridgehead atoms. The van der Waals surface area contributed by atoms with Crippen LogP contribution in [0, 0.1) is 0 Å². The van der Waals surface area contributed by atoms with Crippen LogP contribution < -0.4 is 10.3 Å². The zero-order valence-corrected chi connectivity index (χ0v) is 22.6. The maximum atomic E-state index is 13.8. The lowest BCUT2D eigenvalue weighted by Crippen LogP contribution is -2.29. The summed E-state index contributed by atoms with van der Waals surface area (Å²) in [5, 5.41) is 12.5. The van der Waals surface area contributed by atoms with Crippen LogP contribution in [0.15, 0.2) is 105 Å². The average Bonchev–Trinajstić information content (AvgIpc) is 3.55. The molecule has 9 heteroatoms. The highest BCUT2D eigenvalue weighted by molar-refractivity contribution is 8.00. The van der Waals surface area contributed by atoms with E-state index in [2.05, 4.69) is 40.5 Å². The van der Waals surface area contributed by atoms with E-state index in [0.29, 0.717) is 32.4 Å². The Morgan fingerprint density at radius 2 is 1.62 bits per heavy atom. The van der Waals surface area contributed by atoms with Crippen LogP contribution in [-0.2, 0) is 5.75 Å². The van der Waals surface area contributed by atoms with Crippen molar-refractivity contribution in [3.63, 3.8) is 0 Å². The Kier molecular flexibility index (Phi) is 5.96.